The Balaban J connectivity index is 2.67. The molecule has 116 valence electrons. The maximum Gasteiger partial charge on any atom is 0.317 e. The van der Waals surface area contributed by atoms with Gasteiger partial charge in [0, 0.05) is 25.0 Å². The molecule has 0 heterocycles. The van der Waals surface area contributed by atoms with Crippen LogP contribution in [0.4, 0.5) is 9.18 Å². The zero-order valence-corrected chi connectivity index (χ0v) is 12.6. The number of hydrogen-bond acceptors (Lipinski definition) is 2. The number of halogens is 1. The molecule has 0 atom stereocenters. The fraction of sp³-hybridized carbons (Fsp3) is 0.438. The third-order valence-corrected chi connectivity index (χ3v) is 3.29. The van der Waals surface area contributed by atoms with Crippen LogP contribution < -0.4 is 5.32 Å². The molecular weight excluding hydrogens is 271 g/mol. The Morgan fingerprint density at radius 1 is 1.52 bits per heavy atom. The average Bonchev–Trinajstić information content (AvgIpc) is 2.44. The van der Waals surface area contributed by atoms with E-state index in [1.54, 1.807) is 12.1 Å². The van der Waals surface area contributed by atoms with Crippen molar-refractivity contribution >= 4 is 6.03 Å². The number of aliphatic hydroxyl groups is 1. The van der Waals surface area contributed by atoms with Crippen LogP contribution in [-0.4, -0.2) is 42.3 Å². The smallest absolute Gasteiger partial charge is 0.317 e. The Labute approximate surface area is 125 Å². The number of benzene rings is 1. The second-order valence-corrected chi connectivity index (χ2v) is 5.51. The summed E-state index contributed by atoms with van der Waals surface area (Å²) in [7, 11) is 0. The van der Waals surface area contributed by atoms with E-state index >= 15 is 0 Å². The predicted molar refractivity (Wildman–Crippen MR) is 81.7 cm³/mol. The number of urea groups is 1. The minimum absolute atomic E-state index is 0.103. The summed E-state index contributed by atoms with van der Waals surface area (Å²) in [6, 6.07) is 6.09. The van der Waals surface area contributed by atoms with E-state index in [0.717, 1.165) is 5.56 Å². The number of nitrogens with one attached hydrogen (secondary N) is 1. The molecule has 0 fully saturated rings. The van der Waals surface area contributed by atoms with Crippen LogP contribution >= 0.6 is 0 Å². The Bertz CT molecular complexity index is 489. The van der Waals surface area contributed by atoms with Crippen molar-refractivity contribution in [3.8, 4) is 0 Å². The number of rotatable bonds is 7. The Morgan fingerprint density at radius 2 is 2.24 bits per heavy atom. The van der Waals surface area contributed by atoms with Gasteiger partial charge in [0.2, 0.25) is 0 Å². The molecular formula is C16H23FN2O2. The van der Waals surface area contributed by atoms with Crippen LogP contribution in [0.25, 0.3) is 0 Å². The highest BCUT2D eigenvalue weighted by Crippen LogP contribution is 2.22. The third-order valence-electron chi connectivity index (χ3n) is 3.29. The first-order valence-corrected chi connectivity index (χ1v) is 6.91. The molecule has 5 heteroatoms. The predicted octanol–water partition coefficient (Wildman–Crippen LogP) is 2.29. The van der Waals surface area contributed by atoms with Crippen molar-refractivity contribution in [3.05, 3.63) is 48.3 Å². The minimum Gasteiger partial charge on any atom is -0.395 e. The van der Waals surface area contributed by atoms with Crippen molar-refractivity contribution < 1.29 is 14.3 Å². The lowest BCUT2D eigenvalue weighted by Gasteiger charge is -2.28. The molecule has 2 N–H and O–H groups in total. The highest BCUT2D eigenvalue weighted by Gasteiger charge is 2.23. The quantitative estimate of drug-likeness (QED) is 0.758. The van der Waals surface area contributed by atoms with E-state index in [4.69, 9.17) is 5.11 Å². The topological polar surface area (TPSA) is 52.6 Å². The van der Waals surface area contributed by atoms with Crippen molar-refractivity contribution in [2.75, 3.05) is 26.2 Å². The second kappa shape index (κ2) is 7.78. The lowest BCUT2D eigenvalue weighted by Crippen LogP contribution is -2.45. The second-order valence-electron chi connectivity index (χ2n) is 5.51. The van der Waals surface area contributed by atoms with E-state index in [9.17, 15) is 9.18 Å². The molecule has 0 radical (unpaired) electrons. The summed E-state index contributed by atoms with van der Waals surface area (Å²) in [5.74, 6) is -0.291. The summed E-state index contributed by atoms with van der Waals surface area (Å²) in [6.07, 6.45) is 1.60. The van der Waals surface area contributed by atoms with Crippen molar-refractivity contribution in [2.24, 2.45) is 0 Å². The molecule has 1 aromatic rings. The fourth-order valence-corrected chi connectivity index (χ4v) is 1.97. The molecule has 0 aromatic heterocycles. The summed E-state index contributed by atoms with van der Waals surface area (Å²) >= 11 is 0. The van der Waals surface area contributed by atoms with Gasteiger partial charge in [0.25, 0.3) is 0 Å². The molecule has 0 saturated heterocycles. The molecule has 2 amide bonds. The highest BCUT2D eigenvalue weighted by molar-refractivity contribution is 5.74. The van der Waals surface area contributed by atoms with E-state index in [2.05, 4.69) is 11.9 Å². The van der Waals surface area contributed by atoms with Gasteiger partial charge in [0.15, 0.2) is 0 Å². The summed E-state index contributed by atoms with van der Waals surface area (Å²) in [6.45, 7) is 8.34. The van der Waals surface area contributed by atoms with Gasteiger partial charge in [-0.05, 0) is 17.7 Å². The molecule has 4 nitrogen and oxygen atoms in total. The van der Waals surface area contributed by atoms with Crippen LogP contribution in [0.5, 0.6) is 0 Å². The summed E-state index contributed by atoms with van der Waals surface area (Å²) in [4.78, 5) is 13.5. The van der Waals surface area contributed by atoms with Crippen LogP contribution in [0.2, 0.25) is 0 Å². The number of amides is 2. The van der Waals surface area contributed by atoms with E-state index in [1.807, 2.05) is 19.9 Å². The van der Waals surface area contributed by atoms with Crippen LogP contribution in [0.3, 0.4) is 0 Å². The normalized spacial score (nSPS) is 11.0. The van der Waals surface area contributed by atoms with Crippen molar-refractivity contribution in [3.63, 3.8) is 0 Å². The van der Waals surface area contributed by atoms with E-state index in [1.165, 1.54) is 17.0 Å². The van der Waals surface area contributed by atoms with Gasteiger partial charge in [-0.15, -0.1) is 6.58 Å². The van der Waals surface area contributed by atoms with Gasteiger partial charge in [-0.3, -0.25) is 0 Å². The maximum absolute atomic E-state index is 13.3. The molecule has 0 bridgehead atoms. The highest BCUT2D eigenvalue weighted by atomic mass is 19.1. The molecule has 0 saturated carbocycles. The molecule has 21 heavy (non-hydrogen) atoms. The van der Waals surface area contributed by atoms with Gasteiger partial charge < -0.3 is 15.3 Å². The van der Waals surface area contributed by atoms with Gasteiger partial charge in [-0.25, -0.2) is 9.18 Å². The van der Waals surface area contributed by atoms with Gasteiger partial charge in [-0.1, -0.05) is 32.1 Å². The third kappa shape index (κ3) is 5.19. The zero-order chi connectivity index (χ0) is 15.9. The monoisotopic (exact) mass is 294 g/mol. The van der Waals surface area contributed by atoms with Gasteiger partial charge >= 0.3 is 6.03 Å². The first-order valence-electron chi connectivity index (χ1n) is 6.91. The summed E-state index contributed by atoms with van der Waals surface area (Å²) in [5, 5.41) is 11.8. The number of carbonyl (C=O) groups is 1. The van der Waals surface area contributed by atoms with Crippen LogP contribution in [0.15, 0.2) is 36.9 Å². The van der Waals surface area contributed by atoms with Crippen molar-refractivity contribution in [1.29, 1.82) is 0 Å². The first kappa shape index (κ1) is 17.2. The first-order chi connectivity index (χ1) is 9.90. The zero-order valence-electron chi connectivity index (χ0n) is 12.6. The average molecular weight is 294 g/mol. The van der Waals surface area contributed by atoms with Crippen molar-refractivity contribution in [2.45, 2.75) is 19.3 Å². The molecule has 1 rings (SSSR count). The molecule has 1 aromatic carbocycles. The summed E-state index contributed by atoms with van der Waals surface area (Å²) in [5.41, 5.74) is 0.428. The SMILES string of the molecule is C=CCN(CCO)C(=O)NCC(C)(C)c1cccc(F)c1. The standard InChI is InChI=1S/C16H23FN2O2/c1-4-8-19(9-10-20)15(21)18-12-16(2,3)13-6-5-7-14(17)11-13/h4-7,11,20H,1,8-10,12H2,2-3H3,(H,18,21). The lowest BCUT2D eigenvalue weighted by atomic mass is 9.84. The van der Waals surface area contributed by atoms with Gasteiger partial charge in [-0.2, -0.15) is 0 Å². The number of hydrogen-bond donors (Lipinski definition) is 2. The maximum atomic E-state index is 13.3. The van der Waals surface area contributed by atoms with E-state index in [0.29, 0.717) is 13.1 Å². The molecule has 0 spiro atoms. The molecule has 0 aliphatic rings. The Morgan fingerprint density at radius 3 is 2.81 bits per heavy atom. The van der Waals surface area contributed by atoms with Crippen LogP contribution in [-0.2, 0) is 5.41 Å². The fourth-order valence-electron chi connectivity index (χ4n) is 1.97. The molecule has 0 unspecified atom stereocenters. The van der Waals surface area contributed by atoms with Crippen LogP contribution in [0.1, 0.15) is 19.4 Å². The number of carbonyl (C=O) groups excluding carboxylic acids is 1. The molecule has 0 aliphatic heterocycles. The number of aliphatic hydroxyl groups excluding tert-OH is 1. The Kier molecular flexibility index (Phi) is 6.37. The largest absolute Gasteiger partial charge is 0.395 e. The van der Waals surface area contributed by atoms with Crippen LogP contribution in [0, 0.1) is 5.82 Å². The van der Waals surface area contributed by atoms with Crippen molar-refractivity contribution in [1.82, 2.24) is 10.2 Å². The lowest BCUT2D eigenvalue weighted by molar-refractivity contribution is 0.182. The van der Waals surface area contributed by atoms with E-state index in [-0.39, 0.29) is 25.0 Å². The number of nitrogens with zero attached hydrogens (tertiary/aromatic N) is 1. The summed E-state index contributed by atoms with van der Waals surface area (Å²) < 4.78 is 13.3. The molecule has 0 aliphatic carbocycles. The minimum atomic E-state index is -0.392. The van der Waals surface area contributed by atoms with Gasteiger partial charge in [0.1, 0.15) is 5.82 Å². The van der Waals surface area contributed by atoms with Gasteiger partial charge in [0.05, 0.1) is 6.61 Å². The Hall–Kier alpha value is -1.88. The van der Waals surface area contributed by atoms with E-state index < -0.39 is 5.41 Å².